The van der Waals surface area contributed by atoms with E-state index < -0.39 is 52.7 Å². The third-order valence-corrected chi connectivity index (χ3v) is 5.95. The fraction of sp³-hybridized carbons (Fsp3) is 0.500. The van der Waals surface area contributed by atoms with Crippen LogP contribution in [0.3, 0.4) is 0 Å². The maximum absolute atomic E-state index is 14.4. The van der Waals surface area contributed by atoms with Crippen LogP contribution in [0.5, 0.6) is 5.75 Å². The van der Waals surface area contributed by atoms with E-state index in [0.717, 1.165) is 26.2 Å². The van der Waals surface area contributed by atoms with Crippen LogP contribution in [0.15, 0.2) is 16.9 Å². The van der Waals surface area contributed by atoms with Gasteiger partial charge in [0.1, 0.15) is 17.6 Å². The minimum atomic E-state index is -4.79. The predicted molar refractivity (Wildman–Crippen MR) is 102 cm³/mol. The standard InChI is InChI=1S/C20H22F5N3O3/c1-8-12(10-6-7-11(21)13(22)15(10)30-5)16(31-19(8,3)20(23,24)25)17-27-9(2)14(26-4)18(29)28-17/h6-8,12,16,26H,1-5H3,(H,27,28,29)/t8-,12-,16+,19+/m0/s1. The molecule has 1 aliphatic rings. The Hall–Kier alpha value is -2.69. The minimum absolute atomic E-state index is 0.0233. The number of methoxy groups -OCH3 is 1. The summed E-state index contributed by atoms with van der Waals surface area (Å²) in [5.74, 6) is -5.62. The summed E-state index contributed by atoms with van der Waals surface area (Å²) in [6, 6.07) is 1.97. The summed E-state index contributed by atoms with van der Waals surface area (Å²) >= 11 is 0. The molecule has 0 aliphatic carbocycles. The molecule has 0 saturated carbocycles. The second-order valence-electron chi connectivity index (χ2n) is 7.60. The molecule has 1 aromatic carbocycles. The van der Waals surface area contributed by atoms with Gasteiger partial charge in [0.15, 0.2) is 17.2 Å². The van der Waals surface area contributed by atoms with E-state index in [0.29, 0.717) is 0 Å². The van der Waals surface area contributed by atoms with Gasteiger partial charge in [-0.25, -0.2) is 9.37 Å². The number of hydrogen-bond donors (Lipinski definition) is 2. The molecule has 2 N–H and O–H groups in total. The van der Waals surface area contributed by atoms with E-state index in [1.165, 1.54) is 20.9 Å². The lowest BCUT2D eigenvalue weighted by molar-refractivity contribution is -0.275. The fourth-order valence-electron chi connectivity index (χ4n) is 4.09. The lowest BCUT2D eigenvalue weighted by atomic mass is 9.77. The average molecular weight is 447 g/mol. The van der Waals surface area contributed by atoms with Crippen molar-refractivity contribution in [2.24, 2.45) is 5.92 Å². The van der Waals surface area contributed by atoms with Crippen molar-refractivity contribution in [3.8, 4) is 5.75 Å². The quantitative estimate of drug-likeness (QED) is 0.687. The summed E-state index contributed by atoms with van der Waals surface area (Å²) in [6.07, 6.45) is -6.19. The Labute approximate surface area is 174 Å². The number of nitrogens with zero attached hydrogens (tertiary/aromatic N) is 1. The van der Waals surface area contributed by atoms with Crippen molar-refractivity contribution in [3.05, 3.63) is 51.2 Å². The van der Waals surface area contributed by atoms with Gasteiger partial charge in [-0.05, 0) is 19.9 Å². The van der Waals surface area contributed by atoms with Crippen molar-refractivity contribution in [1.82, 2.24) is 9.97 Å². The van der Waals surface area contributed by atoms with Crippen LogP contribution in [0.4, 0.5) is 27.6 Å². The van der Waals surface area contributed by atoms with Gasteiger partial charge >= 0.3 is 6.18 Å². The summed E-state index contributed by atoms with van der Waals surface area (Å²) in [4.78, 5) is 19.1. The van der Waals surface area contributed by atoms with Gasteiger partial charge in [-0.15, -0.1) is 0 Å². The van der Waals surface area contributed by atoms with Gasteiger partial charge in [0.05, 0.1) is 12.8 Å². The zero-order valence-corrected chi connectivity index (χ0v) is 17.4. The van der Waals surface area contributed by atoms with Gasteiger partial charge in [0.25, 0.3) is 5.56 Å². The monoisotopic (exact) mass is 447 g/mol. The highest BCUT2D eigenvalue weighted by Crippen LogP contribution is 2.59. The van der Waals surface area contributed by atoms with Crippen LogP contribution in [0.25, 0.3) is 0 Å². The van der Waals surface area contributed by atoms with Crippen LogP contribution in [0.1, 0.15) is 43.0 Å². The molecule has 1 fully saturated rings. The third-order valence-electron chi connectivity index (χ3n) is 5.95. The van der Waals surface area contributed by atoms with Crippen molar-refractivity contribution in [3.63, 3.8) is 0 Å². The van der Waals surface area contributed by atoms with E-state index >= 15 is 0 Å². The number of anilines is 1. The molecular formula is C20H22F5N3O3. The van der Waals surface area contributed by atoms with Crippen molar-refractivity contribution in [2.75, 3.05) is 19.5 Å². The van der Waals surface area contributed by atoms with Crippen LogP contribution in [0.2, 0.25) is 0 Å². The summed E-state index contributed by atoms with van der Waals surface area (Å²) in [5, 5.41) is 2.67. The second-order valence-corrected chi connectivity index (χ2v) is 7.60. The molecule has 31 heavy (non-hydrogen) atoms. The third kappa shape index (κ3) is 3.54. The highest BCUT2D eigenvalue weighted by Gasteiger charge is 2.65. The van der Waals surface area contributed by atoms with Crippen molar-refractivity contribution >= 4 is 5.69 Å². The maximum atomic E-state index is 14.4. The number of H-pyrrole nitrogens is 1. The molecule has 2 aromatic rings. The molecule has 6 nitrogen and oxygen atoms in total. The molecule has 0 spiro atoms. The number of rotatable bonds is 4. The molecule has 2 heterocycles. The SMILES string of the molecule is CNc1c(C)nc([C@@H]2O[C@@](C)(C(F)(F)F)[C@@H](C)[C@H]2c2ccc(F)c(F)c2OC)[nH]c1=O. The molecule has 0 unspecified atom stereocenters. The molecule has 3 rings (SSSR count). The number of nitrogens with one attached hydrogen (secondary N) is 2. The zero-order valence-electron chi connectivity index (χ0n) is 17.4. The molecule has 4 atom stereocenters. The van der Waals surface area contributed by atoms with Crippen LogP contribution in [0, 0.1) is 24.5 Å². The van der Waals surface area contributed by atoms with Gasteiger partial charge in [-0.3, -0.25) is 4.79 Å². The van der Waals surface area contributed by atoms with Gasteiger partial charge in [-0.2, -0.15) is 17.6 Å². The summed E-state index contributed by atoms with van der Waals surface area (Å²) in [6.45, 7) is 3.69. The molecule has 0 radical (unpaired) electrons. The van der Waals surface area contributed by atoms with E-state index in [2.05, 4.69) is 15.3 Å². The topological polar surface area (TPSA) is 76.2 Å². The number of benzene rings is 1. The lowest BCUT2D eigenvalue weighted by Gasteiger charge is -2.32. The van der Waals surface area contributed by atoms with Gasteiger partial charge in [0, 0.05) is 24.4 Å². The van der Waals surface area contributed by atoms with Crippen LogP contribution in [-0.2, 0) is 4.74 Å². The second kappa shape index (κ2) is 7.77. The van der Waals surface area contributed by atoms with Crippen LogP contribution >= 0.6 is 0 Å². The van der Waals surface area contributed by atoms with Crippen LogP contribution in [-0.4, -0.2) is 35.9 Å². The Balaban J connectivity index is 2.26. The first kappa shape index (κ1) is 23.0. The molecule has 170 valence electrons. The number of hydrogen-bond acceptors (Lipinski definition) is 5. The lowest BCUT2D eigenvalue weighted by Crippen LogP contribution is -2.46. The van der Waals surface area contributed by atoms with Gasteiger partial charge < -0.3 is 19.8 Å². The van der Waals surface area contributed by atoms with Crippen molar-refractivity contribution < 1.29 is 31.4 Å². The first-order valence-corrected chi connectivity index (χ1v) is 9.42. The maximum Gasteiger partial charge on any atom is 0.417 e. The summed E-state index contributed by atoms with van der Waals surface area (Å²) in [5.41, 5.74) is -2.88. The highest BCUT2D eigenvalue weighted by atomic mass is 19.4. The molecule has 1 saturated heterocycles. The molecule has 0 bridgehead atoms. The summed E-state index contributed by atoms with van der Waals surface area (Å²) in [7, 11) is 2.59. The molecule has 1 aromatic heterocycles. The predicted octanol–water partition coefficient (Wildman–Crippen LogP) is 4.22. The number of alkyl halides is 3. The van der Waals surface area contributed by atoms with E-state index in [9.17, 15) is 26.7 Å². The Morgan fingerprint density at radius 2 is 1.94 bits per heavy atom. The number of aromatic nitrogens is 2. The van der Waals surface area contributed by atoms with E-state index in [1.807, 2.05) is 0 Å². The zero-order chi connectivity index (χ0) is 23.3. The fourth-order valence-corrected chi connectivity index (χ4v) is 4.09. The van der Waals surface area contributed by atoms with Gasteiger partial charge in [-0.1, -0.05) is 13.0 Å². The minimum Gasteiger partial charge on any atom is -0.493 e. The van der Waals surface area contributed by atoms with Crippen molar-refractivity contribution in [2.45, 2.75) is 44.6 Å². The Kier molecular flexibility index (Phi) is 5.76. The first-order valence-electron chi connectivity index (χ1n) is 9.42. The molecule has 11 heteroatoms. The van der Waals surface area contributed by atoms with Crippen molar-refractivity contribution in [1.29, 1.82) is 0 Å². The molecule has 1 aliphatic heterocycles. The number of aryl methyl sites for hydroxylation is 1. The van der Waals surface area contributed by atoms with E-state index in [1.54, 1.807) is 0 Å². The first-order chi connectivity index (χ1) is 14.4. The average Bonchev–Trinajstić information content (AvgIpc) is 2.96. The van der Waals surface area contributed by atoms with Gasteiger partial charge in [0.2, 0.25) is 5.82 Å². The molecule has 0 amide bonds. The Morgan fingerprint density at radius 1 is 1.29 bits per heavy atom. The van der Waals surface area contributed by atoms with Crippen LogP contribution < -0.4 is 15.6 Å². The molecular weight excluding hydrogens is 425 g/mol. The number of halogens is 5. The van der Waals surface area contributed by atoms with E-state index in [-0.39, 0.29) is 22.8 Å². The van der Waals surface area contributed by atoms with E-state index in [4.69, 9.17) is 9.47 Å². The number of ether oxygens (including phenoxy) is 2. The Bertz CT molecular complexity index is 1060. The smallest absolute Gasteiger partial charge is 0.417 e. The summed E-state index contributed by atoms with van der Waals surface area (Å²) < 4.78 is 80.5. The largest absolute Gasteiger partial charge is 0.493 e. The Morgan fingerprint density at radius 3 is 2.45 bits per heavy atom. The normalized spacial score (nSPS) is 26.2. The number of aromatic amines is 1. The highest BCUT2D eigenvalue weighted by molar-refractivity contribution is 5.45.